The van der Waals surface area contributed by atoms with Crippen LogP contribution in [0.25, 0.3) is 22.3 Å². The van der Waals surface area contributed by atoms with Gasteiger partial charge < -0.3 is 39.2 Å². The first-order chi connectivity index (χ1) is 24.9. The molecule has 0 radical (unpaired) electrons. The van der Waals surface area contributed by atoms with Crippen LogP contribution in [0.1, 0.15) is 46.5 Å². The van der Waals surface area contributed by atoms with E-state index in [-0.39, 0.29) is 6.04 Å². The lowest BCUT2D eigenvalue weighted by Crippen LogP contribution is -2.49. The Morgan fingerprint density at radius 1 is 0.981 bits per heavy atom. The van der Waals surface area contributed by atoms with E-state index in [1.807, 2.05) is 20.8 Å². The highest BCUT2D eigenvalue weighted by atomic mass is 28.3. The quantitative estimate of drug-likeness (QED) is 0.125. The zero-order valence-corrected chi connectivity index (χ0v) is 32.4. The van der Waals surface area contributed by atoms with E-state index in [0.29, 0.717) is 31.3 Å². The number of piperidine rings is 1. The van der Waals surface area contributed by atoms with Crippen LogP contribution in [0.4, 0.5) is 27.9 Å². The van der Waals surface area contributed by atoms with Gasteiger partial charge in [0.2, 0.25) is 5.95 Å². The van der Waals surface area contributed by atoms with Gasteiger partial charge in [-0.2, -0.15) is 0 Å². The van der Waals surface area contributed by atoms with Gasteiger partial charge in [-0.1, -0.05) is 31.8 Å². The number of nitrogens with zero attached hydrogens (tertiary/aromatic N) is 7. The van der Waals surface area contributed by atoms with Gasteiger partial charge in [-0.15, -0.1) is 0 Å². The van der Waals surface area contributed by atoms with Crippen molar-refractivity contribution >= 4 is 48.3 Å². The Hall–Kier alpha value is -4.27. The zero-order chi connectivity index (χ0) is 36.5. The van der Waals surface area contributed by atoms with E-state index in [0.717, 1.165) is 97.6 Å². The first-order valence-electron chi connectivity index (χ1n) is 18.6. The molecule has 14 heteroatoms. The molecule has 0 aliphatic carbocycles. The molecule has 3 atom stereocenters. The van der Waals surface area contributed by atoms with Crippen LogP contribution < -0.4 is 20.4 Å². The maximum atomic E-state index is 12.3. The van der Waals surface area contributed by atoms with Gasteiger partial charge in [0, 0.05) is 39.5 Å². The summed E-state index contributed by atoms with van der Waals surface area (Å²) in [6.45, 7) is 16.8. The number of carbonyl (C=O) groups excluding carboxylic acids is 1. The molecule has 13 nitrogen and oxygen atoms in total. The smallest absolute Gasteiger partial charge is 0.407 e. The predicted molar refractivity (Wildman–Crippen MR) is 207 cm³/mol. The van der Waals surface area contributed by atoms with Crippen LogP contribution in [0.15, 0.2) is 49.1 Å². The van der Waals surface area contributed by atoms with Crippen molar-refractivity contribution in [2.24, 2.45) is 0 Å². The monoisotopic (exact) mass is 727 g/mol. The van der Waals surface area contributed by atoms with E-state index < -0.39 is 19.8 Å². The number of amides is 1. The third-order valence-corrected chi connectivity index (χ3v) is 11.6. The zero-order valence-electron chi connectivity index (χ0n) is 31.4. The summed E-state index contributed by atoms with van der Waals surface area (Å²) >= 11 is 0. The molecule has 3 aromatic heterocycles. The fourth-order valence-corrected chi connectivity index (χ4v) is 8.08. The molecule has 1 aromatic carbocycles. The van der Waals surface area contributed by atoms with Crippen molar-refractivity contribution in [1.82, 2.24) is 29.8 Å². The lowest BCUT2D eigenvalue weighted by Gasteiger charge is -2.35. The largest absolute Gasteiger partial charge is 0.444 e. The lowest BCUT2D eigenvalue weighted by molar-refractivity contribution is 0.0499. The Balaban J connectivity index is 1.06. The highest BCUT2D eigenvalue weighted by Gasteiger charge is 2.39. The Labute approximate surface area is 307 Å². The van der Waals surface area contributed by atoms with E-state index in [1.54, 1.807) is 18.7 Å². The summed E-state index contributed by atoms with van der Waals surface area (Å²) in [5.74, 6) is 1.63. The minimum absolute atomic E-state index is 0.0213. The van der Waals surface area contributed by atoms with E-state index in [4.69, 9.17) is 24.2 Å². The number of alkyl carbamates (subject to hydrolysis) is 1. The first kappa shape index (κ1) is 36.1. The van der Waals surface area contributed by atoms with E-state index in [1.165, 1.54) is 0 Å². The van der Waals surface area contributed by atoms with Crippen LogP contribution in [0, 0.1) is 0 Å². The maximum absolute atomic E-state index is 12.3. The van der Waals surface area contributed by atoms with Crippen LogP contribution in [-0.2, 0) is 20.9 Å². The normalized spacial score (nSPS) is 20.7. The highest BCUT2D eigenvalue weighted by Crippen LogP contribution is 2.39. The van der Waals surface area contributed by atoms with Crippen LogP contribution in [0.2, 0.25) is 25.7 Å². The van der Waals surface area contributed by atoms with Gasteiger partial charge in [0.15, 0.2) is 0 Å². The Morgan fingerprint density at radius 2 is 1.71 bits per heavy atom. The molecular weight excluding hydrogens is 675 g/mol. The summed E-state index contributed by atoms with van der Waals surface area (Å²) in [4.78, 5) is 35.8. The molecule has 0 unspecified atom stereocenters. The number of aromatic nitrogens is 5. The molecule has 1 amide bonds. The van der Waals surface area contributed by atoms with Crippen LogP contribution >= 0.6 is 0 Å². The topological polar surface area (TPSA) is 132 Å². The summed E-state index contributed by atoms with van der Waals surface area (Å²) in [5, 5.41) is 7.49. The second kappa shape index (κ2) is 15.0. The minimum Gasteiger partial charge on any atom is -0.444 e. The number of hydrogen-bond acceptors (Lipinski definition) is 11. The van der Waals surface area contributed by atoms with Gasteiger partial charge in [-0.3, -0.25) is 0 Å². The van der Waals surface area contributed by atoms with Crippen molar-refractivity contribution < 1.29 is 19.0 Å². The Kier molecular flexibility index (Phi) is 10.4. The van der Waals surface area contributed by atoms with Crippen molar-refractivity contribution in [3.8, 4) is 11.3 Å². The van der Waals surface area contributed by atoms with Crippen LogP contribution in [0.3, 0.4) is 0 Å². The summed E-state index contributed by atoms with van der Waals surface area (Å²) in [6, 6.07) is 12.4. The molecule has 2 bridgehead atoms. The molecule has 3 fully saturated rings. The minimum atomic E-state index is -1.23. The highest BCUT2D eigenvalue weighted by molar-refractivity contribution is 6.76. The van der Waals surface area contributed by atoms with Gasteiger partial charge >= 0.3 is 6.09 Å². The van der Waals surface area contributed by atoms with E-state index in [9.17, 15) is 4.79 Å². The number of rotatable bonds is 11. The molecule has 0 spiro atoms. The van der Waals surface area contributed by atoms with Crippen molar-refractivity contribution in [3.63, 3.8) is 0 Å². The summed E-state index contributed by atoms with van der Waals surface area (Å²) in [6.07, 6.45) is 8.97. The summed E-state index contributed by atoms with van der Waals surface area (Å²) in [7, 11) is -1.23. The summed E-state index contributed by atoms with van der Waals surface area (Å²) in [5.41, 5.74) is 4.19. The molecule has 3 aliphatic rings. The number of nitrogens with one attached hydrogen (secondary N) is 2. The van der Waals surface area contributed by atoms with Crippen molar-refractivity contribution in [1.29, 1.82) is 0 Å². The Morgan fingerprint density at radius 3 is 2.40 bits per heavy atom. The molecule has 3 saturated heterocycles. The molecule has 278 valence electrons. The number of fused-ring (bicyclic) bond motifs is 3. The predicted octanol–water partition coefficient (Wildman–Crippen LogP) is 6.81. The number of benzene rings is 1. The first-order valence-corrected chi connectivity index (χ1v) is 22.3. The molecule has 52 heavy (non-hydrogen) atoms. The van der Waals surface area contributed by atoms with E-state index in [2.05, 4.69) is 84.9 Å². The SMILES string of the molecule is CC(C)(C)OC(=O)N[C@@H]1CCCN(c2ncc(Nc3ccc(-c4cc5c(N6[C@@H]7CC[C@H]6COC7)ncnc5n4COCC[Si](C)(C)C)cc3)cn2)C1. The molecule has 2 N–H and O–H groups in total. The number of anilines is 4. The standard InChI is InChI=1S/C38H53N9O4Si/c1-38(2,3)51-37(48)44-28-8-7-15-45(21-28)36-39-19-29(20-40-36)43-27-11-9-26(10-12-27)33-18-32-34(46(33)25-49-16-17-52(4,5)6)41-24-42-35(32)47-30-13-14-31(47)23-50-22-30/h9-12,18-20,24,28,30-31,43H,7-8,13-17,21-23,25H2,1-6H3,(H,44,48)/t28-,30-,31+/m1/s1. The molecule has 4 aromatic rings. The Bertz CT molecular complexity index is 1820. The molecule has 6 heterocycles. The van der Waals surface area contributed by atoms with Gasteiger partial charge in [0.25, 0.3) is 0 Å². The average Bonchev–Trinajstić information content (AvgIpc) is 3.58. The molecule has 3 aliphatic heterocycles. The maximum Gasteiger partial charge on any atom is 0.407 e. The van der Waals surface area contributed by atoms with Gasteiger partial charge in [0.05, 0.1) is 54.5 Å². The third kappa shape index (κ3) is 8.50. The molecule has 7 rings (SSSR count). The number of ether oxygens (including phenoxy) is 3. The second-order valence-electron chi connectivity index (χ2n) is 16.5. The number of morpholine rings is 1. The fraction of sp³-hybridized carbons (Fsp3) is 0.553. The molecular formula is C38H53N9O4Si. The molecule has 0 saturated carbocycles. The van der Waals surface area contributed by atoms with Gasteiger partial charge in [-0.05, 0) is 76.3 Å². The van der Waals surface area contributed by atoms with Gasteiger partial charge in [-0.25, -0.2) is 24.7 Å². The number of hydrogen-bond donors (Lipinski definition) is 2. The van der Waals surface area contributed by atoms with Crippen molar-refractivity contribution in [2.45, 2.75) is 103 Å². The fourth-order valence-electron chi connectivity index (χ4n) is 7.33. The van der Waals surface area contributed by atoms with E-state index >= 15 is 0 Å². The third-order valence-electron chi connectivity index (χ3n) is 9.90. The van der Waals surface area contributed by atoms with Crippen LogP contribution in [0.5, 0.6) is 0 Å². The lowest BCUT2D eigenvalue weighted by atomic mass is 10.1. The van der Waals surface area contributed by atoms with Crippen molar-refractivity contribution in [3.05, 3.63) is 49.1 Å². The summed E-state index contributed by atoms with van der Waals surface area (Å²) < 4.78 is 19.8. The second-order valence-corrected chi connectivity index (χ2v) is 22.1. The van der Waals surface area contributed by atoms with Crippen molar-refractivity contribution in [2.75, 3.05) is 48.0 Å². The number of carbonyl (C=O) groups is 1. The van der Waals surface area contributed by atoms with Crippen LogP contribution in [-0.4, -0.2) is 95.3 Å². The van der Waals surface area contributed by atoms with Gasteiger partial charge in [0.1, 0.15) is 30.1 Å². The average molecular weight is 728 g/mol.